The third-order valence-corrected chi connectivity index (χ3v) is 5.12. The molecule has 0 saturated heterocycles. The number of nitrogens with zero attached hydrogens (tertiary/aromatic N) is 3. The van der Waals surface area contributed by atoms with E-state index >= 15 is 0 Å². The smallest absolute Gasteiger partial charge is 0.209 e. The van der Waals surface area contributed by atoms with Gasteiger partial charge in [-0.1, -0.05) is 87.6 Å². The van der Waals surface area contributed by atoms with Gasteiger partial charge in [0.2, 0.25) is 6.41 Å². The molecular weight excluding hydrogens is 466 g/mol. The number of benzene rings is 1. The highest BCUT2D eigenvalue weighted by molar-refractivity contribution is 5.78. The molecule has 0 atom stereocenters. The lowest BCUT2D eigenvalue weighted by atomic mass is 10.0. The fraction of sp³-hybridized carbons (Fsp3) is 0.471. The standard InChI is InChI=1S/C22H27N.C7H17N.C5H11NO/c1-17(2)8-7-9-20(6)22-12-10-21(11-13-22)14-19(5)16-23-15-18(3)4;1-4-6-8(3)7-5-2;1-3-4-6(2)5-7/h7-13,15-16H,1,5,14H2,2-4,6H3;4-7H2,1-3H3;5H,3-4H2,1-2H3/b8-7-,20-9+,23-16?;;. The van der Waals surface area contributed by atoms with Crippen LogP contribution in [0.4, 0.5) is 0 Å². The second-order valence-electron chi connectivity index (χ2n) is 9.96. The van der Waals surface area contributed by atoms with Gasteiger partial charge in [0.1, 0.15) is 0 Å². The summed E-state index contributed by atoms with van der Waals surface area (Å²) >= 11 is 0. The molecule has 4 nitrogen and oxygen atoms in total. The molecule has 0 bridgehead atoms. The Kier molecular flexibility index (Phi) is 23.8. The summed E-state index contributed by atoms with van der Waals surface area (Å²) in [5, 5.41) is 0. The van der Waals surface area contributed by atoms with E-state index in [1.807, 2.05) is 52.3 Å². The first-order valence-corrected chi connectivity index (χ1v) is 13.8. The molecule has 0 unspecified atom stereocenters. The Morgan fingerprint density at radius 3 is 1.87 bits per heavy atom. The Morgan fingerprint density at radius 1 is 0.895 bits per heavy atom. The van der Waals surface area contributed by atoms with E-state index in [1.54, 1.807) is 11.9 Å². The molecule has 0 radical (unpaired) electrons. The van der Waals surface area contributed by atoms with Crippen LogP contribution in [0.25, 0.3) is 5.57 Å². The Bertz CT molecular complexity index is 894. The largest absolute Gasteiger partial charge is 0.348 e. The number of carbonyl (C=O) groups is 1. The molecule has 0 fully saturated rings. The Morgan fingerprint density at radius 2 is 1.45 bits per heavy atom. The predicted molar refractivity (Wildman–Crippen MR) is 172 cm³/mol. The van der Waals surface area contributed by atoms with Crippen molar-refractivity contribution in [2.45, 2.75) is 74.1 Å². The first kappa shape index (κ1) is 37.2. The zero-order valence-corrected chi connectivity index (χ0v) is 25.9. The molecule has 0 aliphatic heterocycles. The minimum absolute atomic E-state index is 0.818. The van der Waals surface area contributed by atoms with Crippen molar-refractivity contribution in [1.82, 2.24) is 9.80 Å². The number of allylic oxidation sites excluding steroid dienone is 7. The van der Waals surface area contributed by atoms with Gasteiger partial charge >= 0.3 is 0 Å². The van der Waals surface area contributed by atoms with Crippen molar-refractivity contribution in [3.8, 4) is 0 Å². The summed E-state index contributed by atoms with van der Waals surface area (Å²) in [6, 6.07) is 8.59. The zero-order chi connectivity index (χ0) is 29.3. The number of aliphatic imine (C=N–C) groups is 1. The van der Waals surface area contributed by atoms with Crippen LogP contribution in [-0.2, 0) is 11.2 Å². The van der Waals surface area contributed by atoms with E-state index in [-0.39, 0.29) is 0 Å². The number of hydrogen-bond donors (Lipinski definition) is 0. The summed E-state index contributed by atoms with van der Waals surface area (Å²) in [5.41, 5.74) is 6.94. The Balaban J connectivity index is 0. The molecule has 1 rings (SSSR count). The summed E-state index contributed by atoms with van der Waals surface area (Å²) in [7, 11) is 3.95. The molecule has 1 aromatic rings. The molecular formula is C34H55N3O. The molecule has 0 aromatic heterocycles. The van der Waals surface area contributed by atoms with Gasteiger partial charge in [-0.2, -0.15) is 0 Å². The average molecular weight is 522 g/mol. The summed E-state index contributed by atoms with van der Waals surface area (Å²) in [6.07, 6.45) is 15.1. The van der Waals surface area contributed by atoms with Gasteiger partial charge in [0.05, 0.1) is 0 Å². The van der Waals surface area contributed by atoms with E-state index < -0.39 is 0 Å². The monoisotopic (exact) mass is 521 g/mol. The van der Waals surface area contributed by atoms with E-state index in [0.29, 0.717) is 0 Å². The third kappa shape index (κ3) is 23.4. The van der Waals surface area contributed by atoms with E-state index in [9.17, 15) is 4.79 Å². The van der Waals surface area contributed by atoms with Crippen molar-refractivity contribution >= 4 is 18.2 Å². The van der Waals surface area contributed by atoms with Crippen LogP contribution in [0.2, 0.25) is 0 Å². The molecule has 0 spiro atoms. The molecule has 0 N–H and O–H groups in total. The summed E-state index contributed by atoms with van der Waals surface area (Å²) in [4.78, 5) is 18.1. The lowest BCUT2D eigenvalue weighted by Gasteiger charge is -2.12. The first-order chi connectivity index (χ1) is 18.0. The molecule has 212 valence electrons. The topological polar surface area (TPSA) is 35.9 Å². The zero-order valence-electron chi connectivity index (χ0n) is 25.9. The van der Waals surface area contributed by atoms with Crippen molar-refractivity contribution in [3.05, 3.63) is 89.7 Å². The average Bonchev–Trinajstić information content (AvgIpc) is 2.85. The van der Waals surface area contributed by atoms with Crippen LogP contribution < -0.4 is 0 Å². The minimum atomic E-state index is 0.818. The van der Waals surface area contributed by atoms with E-state index in [1.165, 1.54) is 48.2 Å². The summed E-state index contributed by atoms with van der Waals surface area (Å²) in [6.45, 7) is 25.9. The second-order valence-corrected chi connectivity index (χ2v) is 9.96. The lowest BCUT2D eigenvalue weighted by molar-refractivity contribution is -0.117. The maximum Gasteiger partial charge on any atom is 0.209 e. The van der Waals surface area contributed by atoms with Gasteiger partial charge in [-0.15, -0.1) is 0 Å². The molecule has 0 aliphatic carbocycles. The summed E-state index contributed by atoms with van der Waals surface area (Å²) in [5.74, 6) is 0. The van der Waals surface area contributed by atoms with Crippen molar-refractivity contribution in [1.29, 1.82) is 0 Å². The quantitative estimate of drug-likeness (QED) is 0.140. The van der Waals surface area contributed by atoms with Crippen LogP contribution >= 0.6 is 0 Å². The molecule has 4 heteroatoms. The van der Waals surface area contributed by atoms with E-state index in [2.05, 4.69) is 81.2 Å². The van der Waals surface area contributed by atoms with Crippen LogP contribution in [0.15, 0.2) is 83.6 Å². The predicted octanol–water partition coefficient (Wildman–Crippen LogP) is 8.54. The molecule has 38 heavy (non-hydrogen) atoms. The van der Waals surface area contributed by atoms with Gasteiger partial charge in [-0.3, -0.25) is 9.79 Å². The molecule has 0 aliphatic rings. The normalized spacial score (nSPS) is 10.9. The SMILES string of the molecule is C=C(C)/C=C\C=C(/C)c1ccc(CC(=C)C=NC=C(C)C)cc1.CCCN(C)C=O.CCCN(C)CCC. The second kappa shape index (κ2) is 24.4. The highest BCUT2D eigenvalue weighted by Crippen LogP contribution is 2.16. The summed E-state index contributed by atoms with van der Waals surface area (Å²) < 4.78 is 0. The maximum atomic E-state index is 9.82. The molecule has 0 heterocycles. The first-order valence-electron chi connectivity index (χ1n) is 13.8. The van der Waals surface area contributed by atoms with Gasteiger partial charge < -0.3 is 9.80 Å². The highest BCUT2D eigenvalue weighted by Gasteiger charge is 1.98. The van der Waals surface area contributed by atoms with Crippen molar-refractivity contribution < 1.29 is 4.79 Å². The van der Waals surface area contributed by atoms with Crippen LogP contribution in [0.3, 0.4) is 0 Å². The number of rotatable bonds is 14. The van der Waals surface area contributed by atoms with E-state index in [4.69, 9.17) is 0 Å². The number of hydrogen-bond acceptors (Lipinski definition) is 3. The highest BCUT2D eigenvalue weighted by atomic mass is 16.1. The number of carbonyl (C=O) groups excluding carboxylic acids is 1. The van der Waals surface area contributed by atoms with Gasteiger partial charge in [-0.25, -0.2) is 0 Å². The van der Waals surface area contributed by atoms with Crippen molar-refractivity contribution in [2.75, 3.05) is 33.7 Å². The molecule has 1 amide bonds. The molecule has 1 aromatic carbocycles. The van der Waals surface area contributed by atoms with Gasteiger partial charge in [0.25, 0.3) is 0 Å². The minimum Gasteiger partial charge on any atom is -0.348 e. The Hall–Kier alpha value is -2.98. The fourth-order valence-electron chi connectivity index (χ4n) is 3.22. The molecule has 0 saturated carbocycles. The Labute approximate surface area is 235 Å². The third-order valence-electron chi connectivity index (χ3n) is 5.12. The van der Waals surface area contributed by atoms with E-state index in [0.717, 1.165) is 36.9 Å². The van der Waals surface area contributed by atoms with Gasteiger partial charge in [0.15, 0.2) is 0 Å². The van der Waals surface area contributed by atoms with Gasteiger partial charge in [0, 0.05) is 26.0 Å². The van der Waals surface area contributed by atoms with Crippen molar-refractivity contribution in [2.24, 2.45) is 4.99 Å². The lowest BCUT2D eigenvalue weighted by Crippen LogP contribution is -2.19. The fourth-order valence-corrected chi connectivity index (χ4v) is 3.22. The van der Waals surface area contributed by atoms with Crippen molar-refractivity contribution in [3.63, 3.8) is 0 Å². The van der Waals surface area contributed by atoms with Crippen LogP contribution in [0, 0.1) is 0 Å². The van der Waals surface area contributed by atoms with Crippen LogP contribution in [0.5, 0.6) is 0 Å². The van der Waals surface area contributed by atoms with Crippen LogP contribution in [-0.4, -0.2) is 56.2 Å². The number of amides is 1. The van der Waals surface area contributed by atoms with Crippen LogP contribution in [0.1, 0.15) is 78.9 Å². The maximum absolute atomic E-state index is 9.82. The van der Waals surface area contributed by atoms with Gasteiger partial charge in [-0.05, 0) is 95.8 Å².